The molecule has 0 amide bonds. The van der Waals surface area contributed by atoms with E-state index in [-0.39, 0.29) is 0 Å². The molecule has 1 rings (SSSR count). The smallest absolute Gasteiger partial charge is 0.326 e. The van der Waals surface area contributed by atoms with Gasteiger partial charge in [-0.05, 0) is 13.0 Å². The van der Waals surface area contributed by atoms with Crippen LogP contribution < -0.4 is 10.6 Å². The molecule has 76 valence electrons. The average molecular weight is 188 g/mol. The average Bonchev–Trinajstić information content (AvgIpc) is 2.01. The summed E-state index contributed by atoms with van der Waals surface area (Å²) in [7, 11) is 1.64. The lowest BCUT2D eigenvalue weighted by Crippen LogP contribution is -2.72. The first-order valence-electron chi connectivity index (χ1n) is 4.39. The van der Waals surface area contributed by atoms with E-state index in [1.807, 2.05) is 0 Å². The van der Waals surface area contributed by atoms with Gasteiger partial charge in [-0.3, -0.25) is 10.1 Å². The van der Waals surface area contributed by atoms with Gasteiger partial charge in [0.15, 0.2) is 0 Å². The Labute approximate surface area is 77.5 Å². The summed E-state index contributed by atoms with van der Waals surface area (Å²) < 4.78 is 4.87. The fourth-order valence-electron chi connectivity index (χ4n) is 1.27. The summed E-state index contributed by atoms with van der Waals surface area (Å²) in [5.74, 6) is -0.774. The number of hydrogen-bond acceptors (Lipinski definition) is 4. The minimum Gasteiger partial charge on any atom is -0.480 e. The van der Waals surface area contributed by atoms with Crippen molar-refractivity contribution in [3.63, 3.8) is 0 Å². The van der Waals surface area contributed by atoms with Crippen LogP contribution in [0.25, 0.3) is 0 Å². The van der Waals surface area contributed by atoms with Crippen molar-refractivity contribution in [3.05, 3.63) is 0 Å². The summed E-state index contributed by atoms with van der Waals surface area (Å²) in [4.78, 5) is 10.8. The third-order valence-corrected chi connectivity index (χ3v) is 2.25. The number of rotatable bonds is 6. The number of ether oxygens (including phenoxy) is 1. The Kier molecular flexibility index (Phi) is 3.65. The molecule has 0 bridgehead atoms. The standard InChI is InChI=1S/C8H16N2O3/c1-13-4-2-3-10-8(7(11)12)5-9-6-8/h9-10H,2-6H2,1H3,(H,11,12). The fourth-order valence-corrected chi connectivity index (χ4v) is 1.27. The summed E-state index contributed by atoms with van der Waals surface area (Å²) in [5, 5.41) is 14.9. The molecule has 0 aliphatic carbocycles. The number of methoxy groups -OCH3 is 1. The summed E-state index contributed by atoms with van der Waals surface area (Å²) >= 11 is 0. The van der Waals surface area contributed by atoms with E-state index in [4.69, 9.17) is 9.84 Å². The van der Waals surface area contributed by atoms with E-state index >= 15 is 0 Å². The van der Waals surface area contributed by atoms with Crippen molar-refractivity contribution in [2.45, 2.75) is 12.0 Å². The van der Waals surface area contributed by atoms with Crippen molar-refractivity contribution in [3.8, 4) is 0 Å². The Balaban J connectivity index is 2.21. The van der Waals surface area contributed by atoms with Gasteiger partial charge < -0.3 is 15.2 Å². The first-order valence-corrected chi connectivity index (χ1v) is 4.39. The molecule has 13 heavy (non-hydrogen) atoms. The SMILES string of the molecule is COCCCNC1(C(=O)O)CNC1. The molecule has 0 atom stereocenters. The summed E-state index contributed by atoms with van der Waals surface area (Å²) in [6.45, 7) is 2.36. The van der Waals surface area contributed by atoms with Gasteiger partial charge in [-0.25, -0.2) is 0 Å². The number of carboxylic acids is 1. The Hall–Kier alpha value is -0.650. The molecule has 0 aromatic rings. The zero-order chi connectivity index (χ0) is 9.73. The van der Waals surface area contributed by atoms with E-state index in [1.165, 1.54) is 0 Å². The molecule has 0 aromatic carbocycles. The van der Waals surface area contributed by atoms with Crippen LogP contribution in [0.4, 0.5) is 0 Å². The molecule has 1 heterocycles. The maximum absolute atomic E-state index is 10.8. The zero-order valence-corrected chi connectivity index (χ0v) is 7.80. The van der Waals surface area contributed by atoms with Gasteiger partial charge in [0.1, 0.15) is 5.54 Å². The number of carbonyl (C=O) groups is 1. The second-order valence-electron chi connectivity index (χ2n) is 3.26. The number of hydrogen-bond donors (Lipinski definition) is 3. The van der Waals surface area contributed by atoms with Gasteiger partial charge >= 0.3 is 5.97 Å². The third-order valence-electron chi connectivity index (χ3n) is 2.25. The highest BCUT2D eigenvalue weighted by atomic mass is 16.5. The maximum Gasteiger partial charge on any atom is 0.326 e. The van der Waals surface area contributed by atoms with Crippen LogP contribution in [-0.4, -0.2) is 50.0 Å². The molecular formula is C8H16N2O3. The molecule has 5 heteroatoms. The van der Waals surface area contributed by atoms with Gasteiger partial charge in [0.05, 0.1) is 0 Å². The minimum absolute atomic E-state index is 0.509. The summed E-state index contributed by atoms with van der Waals surface area (Å²) in [6, 6.07) is 0. The van der Waals surface area contributed by atoms with Crippen LogP contribution in [0, 0.1) is 0 Å². The fraction of sp³-hybridized carbons (Fsp3) is 0.875. The highest BCUT2D eigenvalue weighted by Crippen LogP contribution is 2.10. The molecule has 5 nitrogen and oxygen atoms in total. The van der Waals surface area contributed by atoms with E-state index < -0.39 is 11.5 Å². The summed E-state index contributed by atoms with van der Waals surface area (Å²) in [6.07, 6.45) is 0.839. The van der Waals surface area contributed by atoms with E-state index in [2.05, 4.69) is 10.6 Å². The Morgan fingerprint density at radius 1 is 1.69 bits per heavy atom. The Morgan fingerprint density at radius 2 is 2.38 bits per heavy atom. The lowest BCUT2D eigenvalue weighted by molar-refractivity contribution is -0.147. The maximum atomic E-state index is 10.8. The zero-order valence-electron chi connectivity index (χ0n) is 7.80. The normalized spacial score (nSPS) is 19.5. The van der Waals surface area contributed by atoms with Crippen LogP contribution in [0.5, 0.6) is 0 Å². The molecule has 1 saturated heterocycles. The van der Waals surface area contributed by atoms with Crippen molar-refractivity contribution in [2.24, 2.45) is 0 Å². The van der Waals surface area contributed by atoms with Crippen LogP contribution in [0.15, 0.2) is 0 Å². The van der Waals surface area contributed by atoms with Crippen molar-refractivity contribution in [1.82, 2.24) is 10.6 Å². The molecule has 0 radical (unpaired) electrons. The number of nitrogens with one attached hydrogen (secondary N) is 2. The second kappa shape index (κ2) is 4.55. The lowest BCUT2D eigenvalue weighted by atomic mass is 9.92. The Bertz CT molecular complexity index is 180. The van der Waals surface area contributed by atoms with E-state index in [0.29, 0.717) is 26.2 Å². The molecule has 1 fully saturated rings. The number of carboxylic acid groups (broad SMARTS) is 1. The molecule has 0 spiro atoms. The van der Waals surface area contributed by atoms with Gasteiger partial charge in [-0.15, -0.1) is 0 Å². The largest absolute Gasteiger partial charge is 0.480 e. The van der Waals surface area contributed by atoms with Crippen molar-refractivity contribution < 1.29 is 14.6 Å². The van der Waals surface area contributed by atoms with E-state index in [9.17, 15) is 4.79 Å². The molecule has 3 N–H and O–H groups in total. The van der Waals surface area contributed by atoms with Gasteiger partial charge in [0.25, 0.3) is 0 Å². The predicted octanol–water partition coefficient (Wildman–Crippen LogP) is -0.961. The van der Waals surface area contributed by atoms with Crippen molar-refractivity contribution in [2.75, 3.05) is 33.4 Å². The summed E-state index contributed by atoms with van der Waals surface area (Å²) in [5.41, 5.74) is -0.728. The van der Waals surface area contributed by atoms with Crippen LogP contribution in [-0.2, 0) is 9.53 Å². The second-order valence-corrected chi connectivity index (χ2v) is 3.26. The van der Waals surface area contributed by atoms with Gasteiger partial charge in [0, 0.05) is 26.8 Å². The molecule has 1 aliphatic heterocycles. The van der Waals surface area contributed by atoms with E-state index in [1.54, 1.807) is 7.11 Å². The quantitative estimate of drug-likeness (QED) is 0.468. The van der Waals surface area contributed by atoms with Crippen molar-refractivity contribution in [1.29, 1.82) is 0 Å². The lowest BCUT2D eigenvalue weighted by Gasteiger charge is -2.39. The highest BCUT2D eigenvalue weighted by molar-refractivity contribution is 5.80. The van der Waals surface area contributed by atoms with E-state index in [0.717, 1.165) is 6.42 Å². The molecule has 0 saturated carbocycles. The van der Waals surface area contributed by atoms with Gasteiger partial charge in [-0.2, -0.15) is 0 Å². The van der Waals surface area contributed by atoms with Crippen molar-refractivity contribution >= 4 is 5.97 Å². The monoisotopic (exact) mass is 188 g/mol. The van der Waals surface area contributed by atoms with Crippen LogP contribution in [0.3, 0.4) is 0 Å². The first-order chi connectivity index (χ1) is 6.21. The molecular weight excluding hydrogens is 172 g/mol. The van der Waals surface area contributed by atoms with Crippen LogP contribution in [0.2, 0.25) is 0 Å². The number of aliphatic carboxylic acids is 1. The predicted molar refractivity (Wildman–Crippen MR) is 47.7 cm³/mol. The van der Waals surface area contributed by atoms with Gasteiger partial charge in [-0.1, -0.05) is 0 Å². The Morgan fingerprint density at radius 3 is 2.77 bits per heavy atom. The molecule has 0 aromatic heterocycles. The third kappa shape index (κ3) is 2.40. The molecule has 0 unspecified atom stereocenters. The van der Waals surface area contributed by atoms with Crippen LogP contribution in [0.1, 0.15) is 6.42 Å². The minimum atomic E-state index is -0.774. The van der Waals surface area contributed by atoms with Gasteiger partial charge in [0.2, 0.25) is 0 Å². The topological polar surface area (TPSA) is 70.6 Å². The molecule has 1 aliphatic rings. The highest BCUT2D eigenvalue weighted by Gasteiger charge is 2.43. The first kappa shape index (κ1) is 10.4. The van der Waals surface area contributed by atoms with Crippen LogP contribution >= 0.6 is 0 Å².